The average molecular weight is 259 g/mol. The third-order valence-electron chi connectivity index (χ3n) is 3.57. The zero-order valence-corrected chi connectivity index (χ0v) is 12.1. The van der Waals surface area contributed by atoms with Crippen LogP contribution in [0.1, 0.15) is 66.8 Å². The van der Waals surface area contributed by atoms with Gasteiger partial charge in [-0.1, -0.05) is 40.2 Å². The fourth-order valence-electron chi connectivity index (χ4n) is 2.28. The van der Waals surface area contributed by atoms with E-state index in [0.717, 1.165) is 18.4 Å². The second-order valence-corrected chi connectivity index (χ2v) is 6.13. The van der Waals surface area contributed by atoms with E-state index < -0.39 is 0 Å². The van der Waals surface area contributed by atoms with Crippen LogP contribution < -0.4 is 0 Å². The molecule has 1 heterocycles. The fourth-order valence-corrected chi connectivity index (χ4v) is 2.28. The van der Waals surface area contributed by atoms with Gasteiger partial charge in [-0.3, -0.25) is 14.5 Å². The highest BCUT2D eigenvalue weighted by Crippen LogP contribution is 2.29. The number of unbranched alkanes of at least 4 members (excludes halogenated alkanes) is 1. The molecule has 1 aliphatic rings. The first kappa shape index (κ1) is 13.8. The quantitative estimate of drug-likeness (QED) is 0.780. The lowest BCUT2D eigenvalue weighted by Crippen LogP contribution is -2.30. The van der Waals surface area contributed by atoms with E-state index in [1.807, 2.05) is 12.1 Å². The van der Waals surface area contributed by atoms with E-state index >= 15 is 0 Å². The van der Waals surface area contributed by atoms with Gasteiger partial charge in [0.1, 0.15) is 0 Å². The molecular formula is C16H21NO2. The minimum atomic E-state index is -0.145. The summed E-state index contributed by atoms with van der Waals surface area (Å²) in [5.41, 5.74) is 2.18. The van der Waals surface area contributed by atoms with Crippen molar-refractivity contribution >= 4 is 11.8 Å². The number of imide groups is 1. The molecule has 0 aromatic heterocycles. The predicted octanol–water partition coefficient (Wildman–Crippen LogP) is 3.38. The monoisotopic (exact) mass is 259 g/mol. The third kappa shape index (κ3) is 2.42. The number of rotatable bonds is 3. The Morgan fingerprint density at radius 2 is 1.68 bits per heavy atom. The van der Waals surface area contributed by atoms with E-state index in [0.29, 0.717) is 17.7 Å². The summed E-state index contributed by atoms with van der Waals surface area (Å²) in [6.45, 7) is 8.88. The Balaban J connectivity index is 2.37. The largest absolute Gasteiger partial charge is 0.274 e. The minimum Gasteiger partial charge on any atom is -0.274 e. The molecule has 1 aromatic rings. The summed E-state index contributed by atoms with van der Waals surface area (Å²) < 4.78 is 0. The van der Waals surface area contributed by atoms with Crippen LogP contribution >= 0.6 is 0 Å². The maximum atomic E-state index is 12.3. The molecule has 0 unspecified atom stereocenters. The molecule has 0 atom stereocenters. The zero-order valence-electron chi connectivity index (χ0n) is 12.1. The molecule has 0 bridgehead atoms. The van der Waals surface area contributed by atoms with E-state index in [9.17, 15) is 9.59 Å². The lowest BCUT2D eigenvalue weighted by Gasteiger charge is -2.19. The molecule has 1 aromatic carbocycles. The van der Waals surface area contributed by atoms with Crippen LogP contribution in [0.3, 0.4) is 0 Å². The van der Waals surface area contributed by atoms with Gasteiger partial charge in [-0.05, 0) is 29.5 Å². The summed E-state index contributed by atoms with van der Waals surface area (Å²) in [4.78, 5) is 25.9. The van der Waals surface area contributed by atoms with E-state index in [-0.39, 0.29) is 17.2 Å². The molecule has 0 saturated heterocycles. The van der Waals surface area contributed by atoms with Crippen LogP contribution in [0.25, 0.3) is 0 Å². The Bertz CT molecular complexity index is 526. The Morgan fingerprint density at radius 1 is 1.05 bits per heavy atom. The molecule has 3 heteroatoms. The Morgan fingerprint density at radius 3 is 2.26 bits per heavy atom. The lowest BCUT2D eigenvalue weighted by molar-refractivity contribution is 0.0652. The van der Waals surface area contributed by atoms with Crippen LogP contribution in [0.2, 0.25) is 0 Å². The van der Waals surface area contributed by atoms with Crippen molar-refractivity contribution in [3.05, 3.63) is 34.9 Å². The lowest BCUT2D eigenvalue weighted by atomic mass is 9.85. The highest BCUT2D eigenvalue weighted by atomic mass is 16.2. The summed E-state index contributed by atoms with van der Waals surface area (Å²) in [7, 11) is 0. The Kier molecular flexibility index (Phi) is 3.48. The van der Waals surface area contributed by atoms with Crippen molar-refractivity contribution in [1.82, 2.24) is 4.90 Å². The first-order chi connectivity index (χ1) is 8.86. The molecule has 3 nitrogen and oxygen atoms in total. The van der Waals surface area contributed by atoms with Gasteiger partial charge in [0.25, 0.3) is 11.8 Å². The molecular weight excluding hydrogens is 238 g/mol. The van der Waals surface area contributed by atoms with E-state index in [4.69, 9.17) is 0 Å². The van der Waals surface area contributed by atoms with Gasteiger partial charge in [0.05, 0.1) is 11.1 Å². The molecule has 19 heavy (non-hydrogen) atoms. The molecule has 102 valence electrons. The summed E-state index contributed by atoms with van der Waals surface area (Å²) >= 11 is 0. The SMILES string of the molecule is CCCCN1C(=O)c2ccc(C(C)(C)C)cc2C1=O. The third-order valence-corrected chi connectivity index (χ3v) is 3.57. The summed E-state index contributed by atoms with van der Waals surface area (Å²) in [5.74, 6) is -0.284. The van der Waals surface area contributed by atoms with Gasteiger partial charge < -0.3 is 0 Å². The normalized spacial score (nSPS) is 15.1. The Labute approximate surface area is 114 Å². The topological polar surface area (TPSA) is 37.4 Å². The molecule has 0 radical (unpaired) electrons. The van der Waals surface area contributed by atoms with Gasteiger partial charge in [0, 0.05) is 6.54 Å². The van der Waals surface area contributed by atoms with Gasteiger partial charge in [0.2, 0.25) is 0 Å². The van der Waals surface area contributed by atoms with Gasteiger partial charge in [-0.15, -0.1) is 0 Å². The average Bonchev–Trinajstić information content (AvgIpc) is 2.59. The first-order valence-electron chi connectivity index (χ1n) is 6.87. The molecule has 0 saturated carbocycles. The second kappa shape index (κ2) is 4.80. The van der Waals surface area contributed by atoms with Crippen LogP contribution in [0.15, 0.2) is 18.2 Å². The molecule has 0 fully saturated rings. The number of nitrogens with zero attached hydrogens (tertiary/aromatic N) is 1. The number of amides is 2. The standard InChI is InChI=1S/C16H21NO2/c1-5-6-9-17-14(18)12-8-7-11(16(2,3)4)10-13(12)15(17)19/h7-8,10H,5-6,9H2,1-4H3. The van der Waals surface area contributed by atoms with Crippen LogP contribution in [0.4, 0.5) is 0 Å². The molecule has 0 aliphatic carbocycles. The minimum absolute atomic E-state index is 0.0187. The molecule has 0 spiro atoms. The van der Waals surface area contributed by atoms with E-state index in [2.05, 4.69) is 27.7 Å². The number of hydrogen-bond acceptors (Lipinski definition) is 2. The maximum Gasteiger partial charge on any atom is 0.261 e. The van der Waals surface area contributed by atoms with Crippen LogP contribution in [0, 0.1) is 0 Å². The number of carbonyl (C=O) groups is 2. The smallest absolute Gasteiger partial charge is 0.261 e. The van der Waals surface area contributed by atoms with Crippen molar-refractivity contribution in [3.63, 3.8) is 0 Å². The van der Waals surface area contributed by atoms with Crippen molar-refractivity contribution in [1.29, 1.82) is 0 Å². The van der Waals surface area contributed by atoms with E-state index in [1.54, 1.807) is 6.07 Å². The van der Waals surface area contributed by atoms with Crippen LogP contribution in [-0.4, -0.2) is 23.3 Å². The first-order valence-corrected chi connectivity index (χ1v) is 6.87. The fraction of sp³-hybridized carbons (Fsp3) is 0.500. The summed E-state index contributed by atoms with van der Waals surface area (Å²) in [5, 5.41) is 0. The molecule has 0 N–H and O–H groups in total. The van der Waals surface area contributed by atoms with Crippen LogP contribution in [0.5, 0.6) is 0 Å². The van der Waals surface area contributed by atoms with Crippen molar-refractivity contribution in [2.24, 2.45) is 0 Å². The van der Waals surface area contributed by atoms with Crippen molar-refractivity contribution in [2.75, 3.05) is 6.54 Å². The maximum absolute atomic E-state index is 12.3. The van der Waals surface area contributed by atoms with Gasteiger partial charge >= 0.3 is 0 Å². The molecule has 2 rings (SSSR count). The number of benzene rings is 1. The summed E-state index contributed by atoms with van der Waals surface area (Å²) in [6, 6.07) is 5.62. The molecule has 1 aliphatic heterocycles. The van der Waals surface area contributed by atoms with Gasteiger partial charge in [-0.25, -0.2) is 0 Å². The Hall–Kier alpha value is -1.64. The zero-order chi connectivity index (χ0) is 14.2. The van der Waals surface area contributed by atoms with Crippen molar-refractivity contribution in [2.45, 2.75) is 46.0 Å². The molecule has 2 amide bonds. The van der Waals surface area contributed by atoms with Gasteiger partial charge in [-0.2, -0.15) is 0 Å². The van der Waals surface area contributed by atoms with E-state index in [1.165, 1.54) is 4.90 Å². The van der Waals surface area contributed by atoms with Gasteiger partial charge in [0.15, 0.2) is 0 Å². The predicted molar refractivity (Wildman–Crippen MR) is 75.4 cm³/mol. The van der Waals surface area contributed by atoms with Crippen LogP contribution in [-0.2, 0) is 5.41 Å². The van der Waals surface area contributed by atoms with Crippen molar-refractivity contribution < 1.29 is 9.59 Å². The summed E-state index contributed by atoms with van der Waals surface area (Å²) in [6.07, 6.45) is 1.83. The number of hydrogen-bond donors (Lipinski definition) is 0. The van der Waals surface area contributed by atoms with Crippen molar-refractivity contribution in [3.8, 4) is 0 Å². The number of carbonyl (C=O) groups excluding carboxylic acids is 2. The highest BCUT2D eigenvalue weighted by Gasteiger charge is 2.35. The highest BCUT2D eigenvalue weighted by molar-refractivity contribution is 6.21. The second-order valence-electron chi connectivity index (χ2n) is 6.13. The number of fused-ring (bicyclic) bond motifs is 1.